The first kappa shape index (κ1) is 18.2. The number of halogens is 2. The van der Waals surface area contributed by atoms with E-state index < -0.39 is 11.7 Å². The van der Waals surface area contributed by atoms with Gasteiger partial charge in [0.1, 0.15) is 17.8 Å². The summed E-state index contributed by atoms with van der Waals surface area (Å²) < 4.78 is 23.6. The lowest BCUT2D eigenvalue weighted by molar-refractivity contribution is -0.127. The minimum Gasteiger partial charge on any atom is -0.482 e. The van der Waals surface area contributed by atoms with Crippen molar-refractivity contribution in [1.29, 1.82) is 0 Å². The number of oxazole rings is 1. The monoisotopic (exact) mass is 381 g/mol. The second kappa shape index (κ2) is 7.74. The Morgan fingerprint density at radius 2 is 2.35 bits per heavy atom. The molecule has 2 heterocycles. The van der Waals surface area contributed by atoms with Crippen molar-refractivity contribution in [3.8, 4) is 5.75 Å². The first-order chi connectivity index (χ1) is 12.5. The van der Waals surface area contributed by atoms with Gasteiger partial charge in [0.25, 0.3) is 5.91 Å². The van der Waals surface area contributed by atoms with Gasteiger partial charge < -0.3 is 19.4 Å². The van der Waals surface area contributed by atoms with Crippen LogP contribution in [0.15, 0.2) is 28.9 Å². The number of nitrogens with zero attached hydrogens (tertiary/aromatic N) is 2. The molecule has 2 amide bonds. The Morgan fingerprint density at radius 3 is 3.04 bits per heavy atom. The number of benzene rings is 1. The Morgan fingerprint density at radius 1 is 1.54 bits per heavy atom. The quantitative estimate of drug-likeness (QED) is 0.830. The molecule has 1 aliphatic rings. The van der Waals surface area contributed by atoms with E-state index >= 15 is 0 Å². The van der Waals surface area contributed by atoms with Crippen LogP contribution in [0.1, 0.15) is 29.7 Å². The van der Waals surface area contributed by atoms with Crippen molar-refractivity contribution in [1.82, 2.24) is 15.2 Å². The second-order valence-corrected chi connectivity index (χ2v) is 6.20. The van der Waals surface area contributed by atoms with Crippen molar-refractivity contribution >= 4 is 23.4 Å². The highest BCUT2D eigenvalue weighted by molar-refractivity contribution is 6.32. The van der Waals surface area contributed by atoms with Crippen LogP contribution in [0.4, 0.5) is 4.39 Å². The van der Waals surface area contributed by atoms with Crippen LogP contribution in [-0.2, 0) is 11.4 Å². The predicted molar refractivity (Wildman–Crippen MR) is 90.4 cm³/mol. The molecule has 0 bridgehead atoms. The summed E-state index contributed by atoms with van der Waals surface area (Å²) in [6.45, 7) is 2.92. The molecule has 1 atom stereocenters. The third-order valence-electron chi connectivity index (χ3n) is 3.96. The summed E-state index contributed by atoms with van der Waals surface area (Å²) in [6.07, 6.45) is 1.49. The fourth-order valence-electron chi connectivity index (χ4n) is 2.65. The molecule has 26 heavy (non-hydrogen) atoms. The lowest BCUT2D eigenvalue weighted by Gasteiger charge is -2.13. The third kappa shape index (κ3) is 4.13. The van der Waals surface area contributed by atoms with Crippen LogP contribution in [0.5, 0.6) is 5.75 Å². The molecule has 3 rings (SSSR count). The molecule has 1 fully saturated rings. The van der Waals surface area contributed by atoms with Crippen LogP contribution >= 0.6 is 11.6 Å². The molecular weight excluding hydrogens is 365 g/mol. The van der Waals surface area contributed by atoms with Gasteiger partial charge in [-0.3, -0.25) is 9.59 Å². The Bertz CT molecular complexity index is 826. The Hall–Kier alpha value is -2.61. The van der Waals surface area contributed by atoms with Crippen LogP contribution in [0, 0.1) is 5.82 Å². The molecule has 1 saturated heterocycles. The number of rotatable bonds is 6. The Labute approximate surface area is 154 Å². The zero-order valence-corrected chi connectivity index (χ0v) is 14.8. The summed E-state index contributed by atoms with van der Waals surface area (Å²) in [6, 6.07) is 3.50. The number of hydrogen-bond donors (Lipinski definition) is 1. The van der Waals surface area contributed by atoms with E-state index in [0.29, 0.717) is 13.1 Å². The average Bonchev–Trinajstić information content (AvgIpc) is 3.20. The van der Waals surface area contributed by atoms with E-state index in [1.807, 2.05) is 6.92 Å². The highest BCUT2D eigenvalue weighted by atomic mass is 35.5. The lowest BCUT2D eigenvalue weighted by atomic mass is 10.2. The topological polar surface area (TPSA) is 84.7 Å². The van der Waals surface area contributed by atoms with E-state index in [1.165, 1.54) is 18.4 Å². The number of carbonyl (C=O) groups excluding carboxylic acids is 2. The summed E-state index contributed by atoms with van der Waals surface area (Å²) in [5.74, 6) is -0.419. The normalized spacial score (nSPS) is 16.8. The van der Waals surface area contributed by atoms with Crippen LogP contribution in [0.2, 0.25) is 5.02 Å². The summed E-state index contributed by atoms with van der Waals surface area (Å²) in [5.41, 5.74) is 0.0937. The molecule has 138 valence electrons. The lowest BCUT2D eigenvalue weighted by Crippen LogP contribution is -2.37. The van der Waals surface area contributed by atoms with Crippen LogP contribution in [0.3, 0.4) is 0 Å². The number of likely N-dealkylation sites (tertiary alicyclic amines) is 1. The van der Waals surface area contributed by atoms with E-state index in [2.05, 4.69) is 10.3 Å². The highest BCUT2D eigenvalue weighted by Crippen LogP contribution is 2.25. The van der Waals surface area contributed by atoms with Crippen molar-refractivity contribution < 1.29 is 23.1 Å². The standard InChI is InChI=1S/C17H17ClFN3O4/c1-2-22-7-11(6-16(22)23)20-17(24)13-8-26-15(21-13)9-25-14-4-3-10(19)5-12(14)18/h3-5,8,11H,2,6-7,9H2,1H3,(H,20,24)/t11-/m1/s1. The summed E-state index contributed by atoms with van der Waals surface area (Å²) in [7, 11) is 0. The first-order valence-electron chi connectivity index (χ1n) is 8.07. The third-order valence-corrected chi connectivity index (χ3v) is 4.26. The Balaban J connectivity index is 1.55. The van der Waals surface area contributed by atoms with Crippen molar-refractivity contribution in [3.05, 3.63) is 46.9 Å². The van der Waals surface area contributed by atoms with Crippen LogP contribution in [-0.4, -0.2) is 40.8 Å². The van der Waals surface area contributed by atoms with Crippen molar-refractivity contribution in [2.45, 2.75) is 26.0 Å². The fourth-order valence-corrected chi connectivity index (χ4v) is 2.87. The first-order valence-corrected chi connectivity index (χ1v) is 8.45. The maximum Gasteiger partial charge on any atom is 0.273 e. The number of carbonyl (C=O) groups is 2. The molecule has 1 aromatic carbocycles. The molecule has 2 aromatic rings. The van der Waals surface area contributed by atoms with E-state index in [0.717, 1.165) is 6.07 Å². The zero-order valence-electron chi connectivity index (χ0n) is 14.0. The number of likely N-dealkylation sites (N-methyl/N-ethyl adjacent to an activating group) is 1. The summed E-state index contributed by atoms with van der Waals surface area (Å²) in [4.78, 5) is 29.6. The summed E-state index contributed by atoms with van der Waals surface area (Å²) in [5, 5.41) is 2.89. The van der Waals surface area contributed by atoms with Gasteiger partial charge in [-0.25, -0.2) is 9.37 Å². The van der Waals surface area contributed by atoms with E-state index in [-0.39, 0.29) is 47.3 Å². The molecule has 0 spiro atoms. The van der Waals surface area contributed by atoms with Crippen LogP contribution < -0.4 is 10.1 Å². The number of nitrogens with one attached hydrogen (secondary N) is 1. The largest absolute Gasteiger partial charge is 0.482 e. The SMILES string of the molecule is CCN1C[C@H](NC(=O)c2coc(COc3ccc(F)cc3Cl)n2)CC1=O. The van der Waals surface area contributed by atoms with E-state index in [1.54, 1.807) is 4.90 Å². The molecular formula is C17H17ClFN3O4. The van der Waals surface area contributed by atoms with Crippen molar-refractivity contribution in [3.63, 3.8) is 0 Å². The van der Waals surface area contributed by atoms with Gasteiger partial charge in [-0.05, 0) is 25.1 Å². The Kier molecular flexibility index (Phi) is 5.41. The van der Waals surface area contributed by atoms with Crippen LogP contribution in [0.25, 0.3) is 0 Å². The van der Waals surface area contributed by atoms with Gasteiger partial charge in [-0.15, -0.1) is 0 Å². The van der Waals surface area contributed by atoms with E-state index in [9.17, 15) is 14.0 Å². The number of aromatic nitrogens is 1. The van der Waals surface area contributed by atoms with Crippen molar-refractivity contribution in [2.75, 3.05) is 13.1 Å². The van der Waals surface area contributed by atoms with Gasteiger partial charge in [0.05, 0.1) is 11.1 Å². The van der Waals surface area contributed by atoms with Gasteiger partial charge >= 0.3 is 0 Å². The van der Waals surface area contributed by atoms with Gasteiger partial charge in [-0.2, -0.15) is 0 Å². The maximum absolute atomic E-state index is 13.0. The minimum absolute atomic E-state index is 0.0169. The van der Waals surface area contributed by atoms with Gasteiger partial charge in [0.15, 0.2) is 12.3 Å². The average molecular weight is 382 g/mol. The maximum atomic E-state index is 13.0. The molecule has 0 saturated carbocycles. The molecule has 9 heteroatoms. The van der Waals surface area contributed by atoms with E-state index in [4.69, 9.17) is 20.8 Å². The molecule has 1 aromatic heterocycles. The smallest absolute Gasteiger partial charge is 0.273 e. The zero-order chi connectivity index (χ0) is 18.7. The second-order valence-electron chi connectivity index (χ2n) is 5.80. The summed E-state index contributed by atoms with van der Waals surface area (Å²) >= 11 is 5.87. The molecule has 1 N–H and O–H groups in total. The minimum atomic E-state index is -0.468. The van der Waals surface area contributed by atoms with Gasteiger partial charge in [0, 0.05) is 19.5 Å². The number of ether oxygens (including phenoxy) is 1. The van der Waals surface area contributed by atoms with Gasteiger partial charge in [0.2, 0.25) is 11.8 Å². The molecule has 0 radical (unpaired) electrons. The molecule has 1 aliphatic heterocycles. The number of amides is 2. The fraction of sp³-hybridized carbons (Fsp3) is 0.353. The molecule has 0 unspecified atom stereocenters. The van der Waals surface area contributed by atoms with Gasteiger partial charge in [-0.1, -0.05) is 11.6 Å². The van der Waals surface area contributed by atoms with Crippen molar-refractivity contribution in [2.24, 2.45) is 0 Å². The highest BCUT2D eigenvalue weighted by Gasteiger charge is 2.30. The molecule has 7 nitrogen and oxygen atoms in total. The number of hydrogen-bond acceptors (Lipinski definition) is 5. The molecule has 0 aliphatic carbocycles. The predicted octanol–water partition coefficient (Wildman–Crippen LogP) is 2.40.